The first-order chi connectivity index (χ1) is 9.28. The van der Waals surface area contributed by atoms with Crippen LogP contribution >= 0.6 is 0 Å². The number of piperidine rings is 1. The van der Waals surface area contributed by atoms with Crippen LogP contribution < -0.4 is 5.73 Å². The van der Waals surface area contributed by atoms with Gasteiger partial charge in [-0.05, 0) is 33.6 Å². The Bertz CT molecular complexity index is 470. The van der Waals surface area contributed by atoms with Crippen LogP contribution in [0.25, 0.3) is 0 Å². The molecule has 0 radical (unpaired) electrons. The van der Waals surface area contributed by atoms with Gasteiger partial charge in [-0.3, -0.25) is 4.68 Å². The Labute approximate surface area is 119 Å². The fraction of sp³-hybridized carbons (Fsp3) is 0.714. The number of carbonyl (C=O) groups excluding carboxylic acids is 1. The van der Waals surface area contributed by atoms with Gasteiger partial charge in [-0.15, -0.1) is 0 Å². The van der Waals surface area contributed by atoms with E-state index in [-0.39, 0.29) is 12.0 Å². The van der Waals surface area contributed by atoms with E-state index in [9.17, 15) is 4.79 Å². The topological polar surface area (TPSA) is 73.4 Å². The lowest BCUT2D eigenvalue weighted by Gasteiger charge is -2.34. The van der Waals surface area contributed by atoms with Crippen LogP contribution in [0.1, 0.15) is 45.2 Å². The summed E-state index contributed by atoms with van der Waals surface area (Å²) in [6.07, 6.45) is 3.39. The normalized spacial score (nSPS) is 20.0. The number of amides is 1. The molecule has 2 N–H and O–H groups in total. The van der Waals surface area contributed by atoms with E-state index in [1.165, 1.54) is 0 Å². The predicted octanol–water partition coefficient (Wildman–Crippen LogP) is 2.12. The molecule has 6 heteroatoms. The van der Waals surface area contributed by atoms with Crippen molar-refractivity contribution in [2.45, 2.75) is 45.1 Å². The van der Waals surface area contributed by atoms with Crippen LogP contribution in [0.3, 0.4) is 0 Å². The van der Waals surface area contributed by atoms with Gasteiger partial charge in [0, 0.05) is 26.1 Å². The number of rotatable bonds is 1. The summed E-state index contributed by atoms with van der Waals surface area (Å²) >= 11 is 0. The Balaban J connectivity index is 2.08. The van der Waals surface area contributed by atoms with Gasteiger partial charge < -0.3 is 15.4 Å². The summed E-state index contributed by atoms with van der Waals surface area (Å²) in [7, 11) is 1.89. The van der Waals surface area contributed by atoms with E-state index in [0.717, 1.165) is 25.1 Å². The van der Waals surface area contributed by atoms with Crippen molar-refractivity contribution in [3.05, 3.63) is 11.9 Å². The summed E-state index contributed by atoms with van der Waals surface area (Å²) in [6.45, 7) is 7.02. The number of hydrogen-bond acceptors (Lipinski definition) is 4. The van der Waals surface area contributed by atoms with Crippen molar-refractivity contribution in [2.75, 3.05) is 18.8 Å². The molecule has 2 heterocycles. The van der Waals surface area contributed by atoms with Crippen molar-refractivity contribution >= 4 is 11.8 Å². The number of anilines is 1. The summed E-state index contributed by atoms with van der Waals surface area (Å²) in [4.78, 5) is 13.9. The minimum Gasteiger partial charge on any atom is -0.444 e. The molecule has 1 aromatic rings. The average molecular weight is 280 g/mol. The number of nitrogens with zero attached hydrogens (tertiary/aromatic N) is 3. The van der Waals surface area contributed by atoms with E-state index in [0.29, 0.717) is 12.2 Å². The molecule has 1 unspecified atom stereocenters. The summed E-state index contributed by atoms with van der Waals surface area (Å²) in [5.41, 5.74) is 7.22. The Kier molecular flexibility index (Phi) is 3.92. The minimum atomic E-state index is -0.463. The average Bonchev–Trinajstić information content (AvgIpc) is 2.67. The fourth-order valence-electron chi connectivity index (χ4n) is 2.66. The highest BCUT2D eigenvalue weighted by Gasteiger charge is 2.30. The van der Waals surface area contributed by atoms with Crippen molar-refractivity contribution in [3.8, 4) is 0 Å². The first-order valence-electron chi connectivity index (χ1n) is 7.03. The second-order valence-electron chi connectivity index (χ2n) is 6.37. The molecule has 1 amide bonds. The first-order valence-corrected chi connectivity index (χ1v) is 7.03. The molecule has 1 fully saturated rings. The maximum Gasteiger partial charge on any atom is 0.410 e. The monoisotopic (exact) mass is 280 g/mol. The molecule has 1 atom stereocenters. The van der Waals surface area contributed by atoms with Gasteiger partial charge in [-0.2, -0.15) is 5.10 Å². The summed E-state index contributed by atoms with van der Waals surface area (Å²) in [5, 5.41) is 4.18. The number of nitrogens with two attached hydrogens (primary N) is 1. The third kappa shape index (κ3) is 3.23. The zero-order chi connectivity index (χ0) is 14.9. The van der Waals surface area contributed by atoms with E-state index >= 15 is 0 Å². The highest BCUT2D eigenvalue weighted by atomic mass is 16.6. The molecule has 20 heavy (non-hydrogen) atoms. The molecular weight excluding hydrogens is 256 g/mol. The zero-order valence-corrected chi connectivity index (χ0v) is 12.7. The molecule has 0 aliphatic carbocycles. The van der Waals surface area contributed by atoms with Gasteiger partial charge in [0.25, 0.3) is 0 Å². The molecule has 0 bridgehead atoms. The molecule has 6 nitrogen and oxygen atoms in total. The maximum atomic E-state index is 12.1. The van der Waals surface area contributed by atoms with Gasteiger partial charge in [0.2, 0.25) is 0 Å². The largest absolute Gasteiger partial charge is 0.444 e. The Morgan fingerprint density at radius 1 is 1.50 bits per heavy atom. The van der Waals surface area contributed by atoms with Crippen LogP contribution in [0.4, 0.5) is 10.5 Å². The number of nitrogen functional groups attached to an aromatic ring is 1. The van der Waals surface area contributed by atoms with E-state index < -0.39 is 5.60 Å². The van der Waals surface area contributed by atoms with E-state index in [1.807, 2.05) is 27.8 Å². The molecule has 0 saturated carbocycles. The smallest absolute Gasteiger partial charge is 0.410 e. The second-order valence-corrected chi connectivity index (χ2v) is 6.37. The number of carbonyl (C=O) groups is 1. The van der Waals surface area contributed by atoms with Gasteiger partial charge in [-0.25, -0.2) is 4.79 Å². The molecule has 0 spiro atoms. The summed E-state index contributed by atoms with van der Waals surface area (Å²) in [6, 6.07) is 0. The van der Waals surface area contributed by atoms with E-state index in [4.69, 9.17) is 10.5 Å². The quantitative estimate of drug-likeness (QED) is 0.855. The van der Waals surface area contributed by atoms with Crippen molar-refractivity contribution in [3.63, 3.8) is 0 Å². The highest BCUT2D eigenvalue weighted by molar-refractivity contribution is 5.68. The first kappa shape index (κ1) is 14.7. The van der Waals surface area contributed by atoms with Gasteiger partial charge in [-0.1, -0.05) is 0 Å². The molecule has 1 saturated heterocycles. The van der Waals surface area contributed by atoms with E-state index in [2.05, 4.69) is 5.10 Å². The van der Waals surface area contributed by atoms with Crippen LogP contribution in [-0.2, 0) is 11.8 Å². The van der Waals surface area contributed by atoms with Gasteiger partial charge in [0.15, 0.2) is 0 Å². The van der Waals surface area contributed by atoms with Crippen molar-refractivity contribution in [1.82, 2.24) is 14.7 Å². The number of aromatic nitrogens is 2. The number of hydrogen-bond donors (Lipinski definition) is 1. The molecule has 1 aliphatic heterocycles. The molecule has 1 aliphatic rings. The van der Waals surface area contributed by atoms with Crippen LogP contribution in [0.15, 0.2) is 6.20 Å². The molecule has 1 aromatic heterocycles. The standard InChI is InChI=1S/C14H24N4O2/c1-14(2,3)20-13(19)18-7-5-6-10(9-18)12-11(15)8-16-17(12)4/h8,10H,5-7,9,15H2,1-4H3. The molecule has 0 aromatic carbocycles. The van der Waals surface area contributed by atoms with Gasteiger partial charge >= 0.3 is 6.09 Å². The fourth-order valence-corrected chi connectivity index (χ4v) is 2.66. The van der Waals surface area contributed by atoms with Gasteiger partial charge in [0.1, 0.15) is 5.60 Å². The lowest BCUT2D eigenvalue weighted by Crippen LogP contribution is -2.42. The van der Waals surface area contributed by atoms with Crippen LogP contribution in [0, 0.1) is 0 Å². The summed E-state index contributed by atoms with van der Waals surface area (Å²) in [5.74, 6) is 0.226. The van der Waals surface area contributed by atoms with Crippen molar-refractivity contribution < 1.29 is 9.53 Å². The number of likely N-dealkylation sites (tertiary alicyclic amines) is 1. The molecule has 2 rings (SSSR count). The van der Waals surface area contributed by atoms with E-state index in [1.54, 1.807) is 15.8 Å². The Hall–Kier alpha value is -1.72. The maximum absolute atomic E-state index is 12.1. The van der Waals surface area contributed by atoms with Gasteiger partial charge in [0.05, 0.1) is 17.6 Å². The lowest BCUT2D eigenvalue weighted by atomic mass is 9.94. The summed E-state index contributed by atoms with van der Waals surface area (Å²) < 4.78 is 7.24. The third-order valence-corrected chi connectivity index (χ3v) is 3.47. The second kappa shape index (κ2) is 5.34. The van der Waals surface area contributed by atoms with Crippen molar-refractivity contribution in [1.29, 1.82) is 0 Å². The SMILES string of the molecule is Cn1ncc(N)c1C1CCCN(C(=O)OC(C)(C)C)C1. The third-order valence-electron chi connectivity index (χ3n) is 3.47. The predicted molar refractivity (Wildman–Crippen MR) is 77.4 cm³/mol. The van der Waals surface area contributed by atoms with Crippen molar-refractivity contribution in [2.24, 2.45) is 7.05 Å². The lowest BCUT2D eigenvalue weighted by molar-refractivity contribution is 0.0196. The minimum absolute atomic E-state index is 0.226. The molecule has 112 valence electrons. The van der Waals surface area contributed by atoms with Crippen LogP contribution in [-0.4, -0.2) is 39.5 Å². The van der Waals surface area contributed by atoms with Crippen LogP contribution in [0.5, 0.6) is 0 Å². The molecular formula is C14H24N4O2. The Morgan fingerprint density at radius 2 is 2.20 bits per heavy atom. The Morgan fingerprint density at radius 3 is 2.75 bits per heavy atom. The van der Waals surface area contributed by atoms with Crippen LogP contribution in [0.2, 0.25) is 0 Å². The number of ether oxygens (including phenoxy) is 1. The number of aryl methyl sites for hydroxylation is 1. The highest BCUT2D eigenvalue weighted by Crippen LogP contribution is 2.30. The zero-order valence-electron chi connectivity index (χ0n) is 12.7.